The van der Waals surface area contributed by atoms with Crippen molar-refractivity contribution in [2.75, 3.05) is 13.1 Å². The van der Waals surface area contributed by atoms with E-state index in [-0.39, 0.29) is 0 Å². The Morgan fingerprint density at radius 3 is 2.43 bits per heavy atom. The van der Waals surface area contributed by atoms with Crippen LogP contribution in [0, 0.1) is 11.8 Å². The third-order valence-electron chi connectivity index (χ3n) is 4.24. The summed E-state index contributed by atoms with van der Waals surface area (Å²) in [4.78, 5) is 23.8. The maximum absolute atomic E-state index is 12.3. The topological polar surface area (TPSA) is 137 Å². The molecule has 0 spiro atoms. The van der Waals surface area contributed by atoms with Crippen LogP contribution < -0.4 is 21.8 Å². The molecule has 2 atom stereocenters. The molecule has 2 unspecified atom stereocenters. The number of hydrogen-bond donors (Lipinski definition) is 6. The second-order valence-electron chi connectivity index (χ2n) is 6.66. The largest absolute Gasteiger partial charge is 0.391 e. The summed E-state index contributed by atoms with van der Waals surface area (Å²) in [6.07, 6.45) is -1.17. The highest BCUT2D eigenvalue weighted by molar-refractivity contribution is 5.97. The minimum absolute atomic E-state index is 0.296. The number of nitrogens with one attached hydrogen (secondary N) is 3. The van der Waals surface area contributed by atoms with Gasteiger partial charge in [0.2, 0.25) is 0 Å². The summed E-state index contributed by atoms with van der Waals surface area (Å²) in [5, 5.41) is 23.9. The molecular weight excluding hydrogens is 384 g/mol. The van der Waals surface area contributed by atoms with Crippen LogP contribution in [-0.2, 0) is 11.3 Å². The van der Waals surface area contributed by atoms with E-state index in [1.807, 2.05) is 24.3 Å². The Labute approximate surface area is 175 Å². The van der Waals surface area contributed by atoms with Crippen molar-refractivity contribution in [3.05, 3.63) is 70.8 Å². The lowest BCUT2D eigenvalue weighted by molar-refractivity contribution is -0.133. The van der Waals surface area contributed by atoms with E-state index in [4.69, 9.17) is 10.9 Å². The number of aliphatic hydroxyl groups is 1. The molecule has 0 aliphatic rings. The summed E-state index contributed by atoms with van der Waals surface area (Å²) in [5.74, 6) is 4.69. The third-order valence-corrected chi connectivity index (χ3v) is 4.24. The zero-order valence-electron chi connectivity index (χ0n) is 16.7. The zero-order chi connectivity index (χ0) is 21.9. The summed E-state index contributed by atoms with van der Waals surface area (Å²) in [7, 11) is 0. The lowest BCUT2D eigenvalue weighted by atomic mass is 10.1. The molecule has 8 nitrogen and oxygen atoms in total. The van der Waals surface area contributed by atoms with Gasteiger partial charge in [-0.1, -0.05) is 24.0 Å². The highest BCUT2D eigenvalue weighted by Gasteiger charge is 2.25. The Balaban J connectivity index is 2.04. The van der Waals surface area contributed by atoms with E-state index in [9.17, 15) is 14.7 Å². The molecule has 8 heteroatoms. The van der Waals surface area contributed by atoms with Gasteiger partial charge < -0.3 is 21.5 Å². The summed E-state index contributed by atoms with van der Waals surface area (Å²) >= 11 is 0. The van der Waals surface area contributed by atoms with Gasteiger partial charge >= 0.3 is 0 Å². The van der Waals surface area contributed by atoms with Gasteiger partial charge in [0.25, 0.3) is 11.8 Å². The molecule has 2 aromatic rings. The predicted molar refractivity (Wildman–Crippen MR) is 112 cm³/mol. The minimum Gasteiger partial charge on any atom is -0.391 e. The van der Waals surface area contributed by atoms with E-state index < -0.39 is 24.0 Å². The number of rotatable bonds is 8. The third kappa shape index (κ3) is 6.99. The molecule has 0 aliphatic carbocycles. The molecule has 2 amide bonds. The molecule has 2 aromatic carbocycles. The maximum atomic E-state index is 12.3. The first-order valence-corrected chi connectivity index (χ1v) is 9.49. The number of carbonyl (C=O) groups is 2. The molecule has 0 heterocycles. The van der Waals surface area contributed by atoms with Crippen LogP contribution in [0.15, 0.2) is 48.5 Å². The fourth-order valence-electron chi connectivity index (χ4n) is 2.64. The summed E-state index contributed by atoms with van der Waals surface area (Å²) in [6, 6.07) is 13.1. The van der Waals surface area contributed by atoms with Crippen molar-refractivity contribution in [1.82, 2.24) is 16.1 Å². The fraction of sp³-hybridized carbons (Fsp3) is 0.273. The summed E-state index contributed by atoms with van der Waals surface area (Å²) in [6.45, 7) is 3.39. The lowest BCUT2D eigenvalue weighted by Crippen LogP contribution is -2.51. The highest BCUT2D eigenvalue weighted by atomic mass is 16.5. The van der Waals surface area contributed by atoms with Crippen LogP contribution in [0.4, 0.5) is 0 Å². The van der Waals surface area contributed by atoms with Crippen LogP contribution in [0.5, 0.6) is 0 Å². The van der Waals surface area contributed by atoms with Gasteiger partial charge in [0.05, 0.1) is 6.10 Å². The van der Waals surface area contributed by atoms with Crippen LogP contribution in [-0.4, -0.2) is 47.4 Å². The average Bonchev–Trinajstić information content (AvgIpc) is 2.76. The highest BCUT2D eigenvalue weighted by Crippen LogP contribution is 2.07. The van der Waals surface area contributed by atoms with Crippen LogP contribution >= 0.6 is 0 Å². The number of amides is 2. The lowest BCUT2D eigenvalue weighted by Gasteiger charge is -2.19. The first-order valence-electron chi connectivity index (χ1n) is 9.49. The van der Waals surface area contributed by atoms with Gasteiger partial charge in [0.15, 0.2) is 0 Å². The number of hydroxylamine groups is 1. The smallest absolute Gasteiger partial charge is 0.268 e. The second-order valence-corrected chi connectivity index (χ2v) is 6.66. The molecule has 7 N–H and O–H groups in total. The van der Waals surface area contributed by atoms with Gasteiger partial charge in [0.1, 0.15) is 6.04 Å². The van der Waals surface area contributed by atoms with Crippen molar-refractivity contribution in [2.24, 2.45) is 5.73 Å². The number of benzene rings is 2. The Morgan fingerprint density at radius 1 is 1.10 bits per heavy atom. The number of hydrogen-bond acceptors (Lipinski definition) is 6. The Kier molecular flexibility index (Phi) is 9.00. The molecule has 2 rings (SSSR count). The SMILES string of the molecule is CC(O)C(NC(=O)c1ccc(C#Cc2cccc(CNCCN)c2)cc1)C(=O)NO. The first kappa shape index (κ1) is 23.1. The number of carbonyl (C=O) groups excluding carboxylic acids is 2. The van der Waals surface area contributed by atoms with Gasteiger partial charge in [0, 0.05) is 36.3 Å². The average molecular weight is 410 g/mol. The fourth-order valence-corrected chi connectivity index (χ4v) is 2.64. The summed E-state index contributed by atoms with van der Waals surface area (Å²) < 4.78 is 0. The molecule has 0 fully saturated rings. The van der Waals surface area contributed by atoms with E-state index in [2.05, 4.69) is 22.5 Å². The molecule has 0 radical (unpaired) electrons. The molecule has 158 valence electrons. The Bertz CT molecular complexity index is 917. The van der Waals surface area contributed by atoms with Crippen molar-refractivity contribution in [3.63, 3.8) is 0 Å². The van der Waals surface area contributed by atoms with Crippen molar-refractivity contribution in [1.29, 1.82) is 0 Å². The second kappa shape index (κ2) is 11.7. The van der Waals surface area contributed by atoms with Crippen molar-refractivity contribution in [2.45, 2.75) is 25.6 Å². The van der Waals surface area contributed by atoms with Crippen LogP contribution in [0.1, 0.15) is 34.0 Å². The molecule has 0 aliphatic heterocycles. The van der Waals surface area contributed by atoms with Crippen molar-refractivity contribution in [3.8, 4) is 11.8 Å². The van der Waals surface area contributed by atoms with E-state index in [0.717, 1.165) is 29.8 Å². The van der Waals surface area contributed by atoms with Gasteiger partial charge in [-0.15, -0.1) is 0 Å². The molecule has 0 saturated heterocycles. The predicted octanol–water partition coefficient (Wildman–Crippen LogP) is 0.119. The molecule has 0 bridgehead atoms. The Hall–Kier alpha value is -3.22. The Morgan fingerprint density at radius 2 is 1.80 bits per heavy atom. The quantitative estimate of drug-likeness (QED) is 0.158. The summed E-state index contributed by atoms with van der Waals surface area (Å²) in [5.41, 5.74) is 9.90. The van der Waals surface area contributed by atoms with Gasteiger partial charge in [-0.05, 0) is 48.9 Å². The normalized spacial score (nSPS) is 12.3. The van der Waals surface area contributed by atoms with E-state index >= 15 is 0 Å². The number of nitrogens with two attached hydrogens (primary N) is 1. The van der Waals surface area contributed by atoms with Crippen molar-refractivity contribution >= 4 is 11.8 Å². The van der Waals surface area contributed by atoms with Crippen LogP contribution in [0.2, 0.25) is 0 Å². The number of aliphatic hydroxyl groups excluding tert-OH is 1. The van der Waals surface area contributed by atoms with Gasteiger partial charge in [-0.25, -0.2) is 5.48 Å². The van der Waals surface area contributed by atoms with Crippen molar-refractivity contribution < 1.29 is 19.9 Å². The maximum Gasteiger partial charge on any atom is 0.268 e. The van der Waals surface area contributed by atoms with E-state index in [1.54, 1.807) is 24.3 Å². The molecule has 0 aromatic heterocycles. The minimum atomic E-state index is -1.27. The zero-order valence-corrected chi connectivity index (χ0v) is 16.7. The molecule has 30 heavy (non-hydrogen) atoms. The van der Waals surface area contributed by atoms with Gasteiger partial charge in [-0.3, -0.25) is 14.8 Å². The monoisotopic (exact) mass is 410 g/mol. The molecular formula is C22H26N4O4. The molecule has 0 saturated carbocycles. The van der Waals surface area contributed by atoms with E-state index in [0.29, 0.717) is 12.1 Å². The van der Waals surface area contributed by atoms with Gasteiger partial charge in [-0.2, -0.15) is 0 Å². The first-order chi connectivity index (χ1) is 14.4. The van der Waals surface area contributed by atoms with E-state index in [1.165, 1.54) is 12.4 Å². The van der Waals surface area contributed by atoms with Crippen LogP contribution in [0.3, 0.4) is 0 Å². The van der Waals surface area contributed by atoms with Crippen LogP contribution in [0.25, 0.3) is 0 Å². The standard InChI is InChI=1S/C22H26N4O4/c1-15(27)20(22(29)26-30)25-21(28)19-9-7-16(8-10-19)5-6-17-3-2-4-18(13-17)14-24-12-11-23/h2-4,7-10,13,15,20,24,27,30H,11-12,14,23H2,1H3,(H,25,28)(H,26,29).